The number of esters is 2. The molecule has 8 atom stereocenters. The summed E-state index contributed by atoms with van der Waals surface area (Å²) in [6, 6.07) is 7.60. The molecule has 2 fully saturated rings. The number of phenolic OH excluding ortho intramolecular Hbond substituents is 1. The molecule has 0 radical (unpaired) electrons. The first-order chi connectivity index (χ1) is 27.9. The molecule has 7 aliphatic heterocycles. The maximum atomic E-state index is 15.1. The Bertz CT molecular complexity index is 2500. The SMILES string of the molecule is COc1c(C)cc2c(c1O)[C@H]1[C@@H]3[C@@H]4SC[C@]5(N[C@H](CO)Cc6c5[nH]c5ccc(C)cc65)C(=O)OC[C@@H](c5c6c(c(C)c(OC(C)=O)c54)OCO6)N3[C@@H](C#N)[C@H](C2)N1C. The molecular formula is C43H45N5O9S. The molecule has 7 aliphatic rings. The highest BCUT2D eigenvalue weighted by atomic mass is 32.2. The number of aromatic hydroxyl groups is 1. The van der Waals surface area contributed by atoms with Crippen molar-refractivity contribution in [3.8, 4) is 34.8 Å². The van der Waals surface area contributed by atoms with Crippen molar-refractivity contribution in [2.24, 2.45) is 0 Å². The monoisotopic (exact) mass is 807 g/mol. The van der Waals surface area contributed by atoms with Gasteiger partial charge in [-0.15, -0.1) is 11.8 Å². The number of aromatic nitrogens is 1. The highest BCUT2D eigenvalue weighted by Crippen LogP contribution is 2.64. The maximum absolute atomic E-state index is 15.1. The number of likely N-dealkylation sites (N-methyl/N-ethyl adjacent to an activating group) is 1. The summed E-state index contributed by atoms with van der Waals surface area (Å²) < 4.78 is 30.8. The number of aromatic amines is 1. The molecule has 0 aliphatic carbocycles. The number of carbonyl (C=O) groups is 2. The quantitative estimate of drug-likeness (QED) is 0.169. The van der Waals surface area contributed by atoms with Crippen LogP contribution >= 0.6 is 11.8 Å². The largest absolute Gasteiger partial charge is 0.504 e. The van der Waals surface area contributed by atoms with Gasteiger partial charge >= 0.3 is 11.9 Å². The number of ether oxygens (including phenoxy) is 5. The van der Waals surface area contributed by atoms with Crippen LogP contribution in [0.15, 0.2) is 24.3 Å². The Labute approximate surface area is 339 Å². The lowest BCUT2D eigenvalue weighted by Gasteiger charge is -2.62. The zero-order chi connectivity index (χ0) is 40.5. The first-order valence-corrected chi connectivity index (χ1v) is 20.7. The van der Waals surface area contributed by atoms with Crippen molar-refractivity contribution in [1.82, 2.24) is 20.1 Å². The lowest BCUT2D eigenvalue weighted by atomic mass is 9.71. The minimum Gasteiger partial charge on any atom is -0.504 e. The molecule has 1 aromatic heterocycles. The van der Waals surface area contributed by atoms with Crippen molar-refractivity contribution in [2.45, 2.75) is 87.6 Å². The summed E-state index contributed by atoms with van der Waals surface area (Å²) >= 11 is 1.49. The lowest BCUT2D eigenvalue weighted by molar-refractivity contribution is -0.158. The van der Waals surface area contributed by atoms with Gasteiger partial charge in [-0.1, -0.05) is 17.7 Å². The van der Waals surface area contributed by atoms with Crippen LogP contribution in [0.4, 0.5) is 0 Å². The van der Waals surface area contributed by atoms with Gasteiger partial charge < -0.3 is 38.9 Å². The summed E-state index contributed by atoms with van der Waals surface area (Å²) in [5.74, 6) is 0.761. The van der Waals surface area contributed by atoms with E-state index in [0.717, 1.165) is 33.2 Å². The zero-order valence-electron chi connectivity index (χ0n) is 33.1. The Kier molecular flexibility index (Phi) is 8.53. The maximum Gasteiger partial charge on any atom is 0.333 e. The van der Waals surface area contributed by atoms with Crippen molar-refractivity contribution in [3.63, 3.8) is 0 Å². The van der Waals surface area contributed by atoms with Crippen molar-refractivity contribution in [1.29, 1.82) is 5.26 Å². The molecule has 302 valence electrons. The van der Waals surface area contributed by atoms with E-state index < -0.39 is 52.9 Å². The first kappa shape index (κ1) is 37.3. The second-order valence-corrected chi connectivity index (χ2v) is 17.6. The number of hydrogen-bond donors (Lipinski definition) is 4. The number of benzene rings is 3. The van der Waals surface area contributed by atoms with Gasteiger partial charge in [0.1, 0.15) is 18.4 Å². The van der Waals surface area contributed by atoms with Crippen LogP contribution in [-0.4, -0.2) is 101 Å². The molecular weight excluding hydrogens is 763 g/mol. The lowest BCUT2D eigenvalue weighted by Crippen LogP contribution is -2.69. The molecule has 4 N–H and O–H groups in total. The summed E-state index contributed by atoms with van der Waals surface area (Å²) in [5.41, 5.74) is 6.50. The van der Waals surface area contributed by atoms with E-state index in [4.69, 9.17) is 23.7 Å². The van der Waals surface area contributed by atoms with E-state index in [1.165, 1.54) is 18.7 Å². The van der Waals surface area contributed by atoms with E-state index in [0.29, 0.717) is 63.8 Å². The van der Waals surface area contributed by atoms with E-state index in [-0.39, 0.29) is 37.6 Å². The highest BCUT2D eigenvalue weighted by Gasteiger charge is 2.62. The van der Waals surface area contributed by atoms with Gasteiger partial charge in [-0.05, 0) is 69.5 Å². The summed E-state index contributed by atoms with van der Waals surface area (Å²) in [5, 5.41) is 38.0. The van der Waals surface area contributed by atoms with E-state index in [1.807, 2.05) is 46.0 Å². The van der Waals surface area contributed by atoms with Crippen LogP contribution in [0.25, 0.3) is 10.9 Å². The van der Waals surface area contributed by atoms with E-state index >= 15 is 4.79 Å². The van der Waals surface area contributed by atoms with Gasteiger partial charge in [0.05, 0.1) is 42.8 Å². The molecule has 0 amide bonds. The Hall–Kier alpha value is -4.98. The molecule has 58 heavy (non-hydrogen) atoms. The molecule has 2 saturated heterocycles. The molecule has 4 bridgehead atoms. The number of carbonyl (C=O) groups excluding carboxylic acids is 2. The van der Waals surface area contributed by atoms with Gasteiger partial charge in [0.15, 0.2) is 28.5 Å². The third-order valence-electron chi connectivity index (χ3n) is 13.4. The Morgan fingerprint density at radius 2 is 1.90 bits per heavy atom. The van der Waals surface area contributed by atoms with Gasteiger partial charge in [-0.2, -0.15) is 5.26 Å². The number of fused-ring (bicyclic) bond motifs is 11. The summed E-state index contributed by atoms with van der Waals surface area (Å²) in [6.45, 7) is 6.67. The second-order valence-electron chi connectivity index (χ2n) is 16.5. The normalized spacial score (nSPS) is 29.6. The number of aryl methyl sites for hydroxylation is 2. The topological polar surface area (TPSA) is 179 Å². The molecule has 0 saturated carbocycles. The van der Waals surface area contributed by atoms with Crippen LogP contribution in [0.1, 0.15) is 74.5 Å². The van der Waals surface area contributed by atoms with Crippen LogP contribution in [0, 0.1) is 32.1 Å². The number of phenols is 1. The zero-order valence-corrected chi connectivity index (χ0v) is 33.9. The second kappa shape index (κ2) is 13.3. The third kappa shape index (κ3) is 4.99. The number of rotatable bonds is 3. The van der Waals surface area contributed by atoms with Crippen molar-refractivity contribution < 1.29 is 43.5 Å². The van der Waals surface area contributed by atoms with E-state index in [2.05, 4.69) is 32.2 Å². The fourth-order valence-corrected chi connectivity index (χ4v) is 12.7. The van der Waals surface area contributed by atoms with Crippen LogP contribution < -0.4 is 24.3 Å². The van der Waals surface area contributed by atoms with Gasteiger partial charge in [0.2, 0.25) is 6.79 Å². The van der Waals surface area contributed by atoms with Gasteiger partial charge in [0.25, 0.3) is 0 Å². The molecule has 8 heterocycles. The molecule has 14 nitrogen and oxygen atoms in total. The predicted octanol–water partition coefficient (Wildman–Crippen LogP) is 4.42. The first-order valence-electron chi connectivity index (χ1n) is 19.6. The minimum absolute atomic E-state index is 0.0454. The van der Waals surface area contributed by atoms with Gasteiger partial charge in [-0.25, -0.2) is 4.79 Å². The van der Waals surface area contributed by atoms with Crippen LogP contribution in [0.2, 0.25) is 0 Å². The molecule has 15 heteroatoms. The molecule has 1 spiro atoms. The number of piperazine rings is 1. The number of hydrogen-bond acceptors (Lipinski definition) is 14. The summed E-state index contributed by atoms with van der Waals surface area (Å²) in [7, 11) is 3.54. The standard InChI is InChI=1S/C43H45N5O9S/c1-18-7-8-26-24(9-18)25-12-23(14-49)46-43(41(25)45-26)16-58-40-32-31(39-38(55-17-56-39)20(3)37(32)57-21(4)50)29(15-54-42(43)52)48-28(13-44)27-11-22-10-19(2)36(53-6)35(51)30(22)33(34(40)48)47(27)5/h7-10,23,27-29,33-34,40,45-46,49,51H,11-12,14-17H2,1-6H3/t23-,27-,28-,29-,33-,34+,40+,43+/m0/s1. The van der Waals surface area contributed by atoms with Gasteiger partial charge in [0, 0.05) is 64.0 Å². The highest BCUT2D eigenvalue weighted by molar-refractivity contribution is 7.99. The number of thioether (sulfide) groups is 1. The Balaban J connectivity index is 1.26. The van der Waals surface area contributed by atoms with Crippen LogP contribution in [0.3, 0.4) is 0 Å². The van der Waals surface area contributed by atoms with Crippen molar-refractivity contribution >= 4 is 34.6 Å². The number of methoxy groups -OCH3 is 1. The van der Waals surface area contributed by atoms with Crippen molar-refractivity contribution in [2.75, 3.05) is 39.9 Å². The van der Waals surface area contributed by atoms with Crippen LogP contribution in [0.5, 0.6) is 28.7 Å². The molecule has 3 aromatic carbocycles. The molecule has 11 rings (SSSR count). The van der Waals surface area contributed by atoms with E-state index in [9.17, 15) is 20.3 Å². The molecule has 4 aromatic rings. The predicted molar refractivity (Wildman–Crippen MR) is 212 cm³/mol. The number of nitrogens with zero attached hydrogens (tertiary/aromatic N) is 3. The number of H-pyrrole nitrogens is 1. The average molecular weight is 808 g/mol. The smallest absolute Gasteiger partial charge is 0.333 e. The summed E-state index contributed by atoms with van der Waals surface area (Å²) in [4.78, 5) is 36.0. The Morgan fingerprint density at radius 1 is 1.10 bits per heavy atom. The van der Waals surface area contributed by atoms with Crippen molar-refractivity contribution in [3.05, 3.63) is 74.5 Å². The fraction of sp³-hybridized carbons (Fsp3) is 0.465. The number of aliphatic hydroxyl groups excluding tert-OH is 1. The fourth-order valence-electron chi connectivity index (χ4n) is 11.0. The number of nitriles is 1. The number of nitrogens with one attached hydrogen (secondary N) is 2. The Morgan fingerprint density at radius 3 is 2.64 bits per heavy atom. The molecule has 0 unspecified atom stereocenters. The average Bonchev–Trinajstić information content (AvgIpc) is 3.83. The minimum atomic E-state index is -1.43. The summed E-state index contributed by atoms with van der Waals surface area (Å²) in [6.07, 6.45) is 0.983. The van der Waals surface area contributed by atoms with E-state index in [1.54, 1.807) is 7.11 Å². The third-order valence-corrected chi connectivity index (χ3v) is 14.8. The van der Waals surface area contributed by atoms with Crippen LogP contribution in [-0.2, 0) is 32.7 Å². The van der Waals surface area contributed by atoms with Gasteiger partial charge in [-0.3, -0.25) is 19.9 Å². The number of aliphatic hydroxyl groups is 1.